The number of hydrogen-bond donors (Lipinski definition) is 1. The van der Waals surface area contributed by atoms with Crippen molar-refractivity contribution in [1.29, 1.82) is 0 Å². The van der Waals surface area contributed by atoms with Crippen LogP contribution in [0.5, 0.6) is 0 Å². The van der Waals surface area contributed by atoms with Gasteiger partial charge in [-0.1, -0.05) is 53.4 Å². The summed E-state index contributed by atoms with van der Waals surface area (Å²) in [5.74, 6) is 2.04. The lowest BCUT2D eigenvalue weighted by Gasteiger charge is -2.39. The molecule has 1 saturated carbocycles. The van der Waals surface area contributed by atoms with Gasteiger partial charge in [0.25, 0.3) is 0 Å². The Bertz CT molecular complexity index is 164. The van der Waals surface area contributed by atoms with Gasteiger partial charge in [0.2, 0.25) is 0 Å². The fraction of sp³-hybridized carbons (Fsp3) is 1.00. The molecule has 0 aromatic rings. The molecule has 1 fully saturated rings. The first kappa shape index (κ1) is 14.0. The first-order chi connectivity index (χ1) is 7.65. The standard InChI is InChI=1S/C15H31N/c1-5-7-13(8-6-2)9-14-10-15(11-14)16-12(3)4/h12-16H,5-11H2,1-4H3. The first-order valence-electron chi connectivity index (χ1n) is 7.41. The van der Waals surface area contributed by atoms with Crippen molar-refractivity contribution in [3.8, 4) is 0 Å². The summed E-state index contributed by atoms with van der Waals surface area (Å²) in [6.45, 7) is 9.16. The third-order valence-corrected chi connectivity index (χ3v) is 3.87. The Kier molecular flexibility index (Phi) is 6.41. The summed E-state index contributed by atoms with van der Waals surface area (Å²) < 4.78 is 0. The Morgan fingerprint density at radius 3 is 2.06 bits per heavy atom. The van der Waals surface area contributed by atoms with E-state index in [1.54, 1.807) is 0 Å². The van der Waals surface area contributed by atoms with Gasteiger partial charge in [0.05, 0.1) is 0 Å². The largest absolute Gasteiger partial charge is 0.312 e. The summed E-state index contributed by atoms with van der Waals surface area (Å²) >= 11 is 0. The minimum atomic E-state index is 0.660. The Hall–Kier alpha value is -0.0400. The molecule has 0 aromatic carbocycles. The predicted molar refractivity (Wildman–Crippen MR) is 72.7 cm³/mol. The van der Waals surface area contributed by atoms with Gasteiger partial charge in [0, 0.05) is 12.1 Å². The first-order valence-corrected chi connectivity index (χ1v) is 7.41. The van der Waals surface area contributed by atoms with Crippen LogP contribution >= 0.6 is 0 Å². The summed E-state index contributed by atoms with van der Waals surface area (Å²) in [5.41, 5.74) is 0. The van der Waals surface area contributed by atoms with Crippen molar-refractivity contribution in [3.05, 3.63) is 0 Å². The van der Waals surface area contributed by atoms with Gasteiger partial charge in [-0.3, -0.25) is 0 Å². The molecular formula is C15H31N. The second-order valence-electron chi connectivity index (χ2n) is 6.03. The van der Waals surface area contributed by atoms with Crippen LogP contribution in [0.4, 0.5) is 0 Å². The maximum Gasteiger partial charge on any atom is 0.00747 e. The van der Waals surface area contributed by atoms with E-state index in [9.17, 15) is 0 Å². The van der Waals surface area contributed by atoms with Crippen molar-refractivity contribution in [2.75, 3.05) is 0 Å². The minimum Gasteiger partial charge on any atom is -0.312 e. The van der Waals surface area contributed by atoms with Gasteiger partial charge in [0.15, 0.2) is 0 Å². The highest BCUT2D eigenvalue weighted by Crippen LogP contribution is 2.35. The van der Waals surface area contributed by atoms with E-state index in [0.717, 1.165) is 17.9 Å². The minimum absolute atomic E-state index is 0.660. The molecule has 0 bridgehead atoms. The third kappa shape index (κ3) is 4.86. The zero-order chi connectivity index (χ0) is 12.0. The molecule has 1 N–H and O–H groups in total. The van der Waals surface area contributed by atoms with Crippen molar-refractivity contribution in [2.45, 2.75) is 84.7 Å². The molecule has 0 unspecified atom stereocenters. The molecule has 0 spiro atoms. The van der Waals surface area contributed by atoms with E-state index in [1.807, 2.05) is 0 Å². The molecule has 0 aromatic heterocycles. The molecule has 0 atom stereocenters. The van der Waals surface area contributed by atoms with Crippen LogP contribution in [0.2, 0.25) is 0 Å². The van der Waals surface area contributed by atoms with Gasteiger partial charge < -0.3 is 5.32 Å². The summed E-state index contributed by atoms with van der Waals surface area (Å²) in [4.78, 5) is 0. The molecule has 16 heavy (non-hydrogen) atoms. The SMILES string of the molecule is CCCC(CCC)CC1CC(NC(C)C)C1. The van der Waals surface area contributed by atoms with Gasteiger partial charge in [-0.05, 0) is 31.1 Å². The van der Waals surface area contributed by atoms with E-state index in [2.05, 4.69) is 33.0 Å². The van der Waals surface area contributed by atoms with Crippen LogP contribution in [0, 0.1) is 11.8 Å². The number of hydrogen-bond acceptors (Lipinski definition) is 1. The zero-order valence-electron chi connectivity index (χ0n) is 11.8. The summed E-state index contributed by atoms with van der Waals surface area (Å²) in [6, 6.07) is 1.49. The lowest BCUT2D eigenvalue weighted by Crippen LogP contribution is -2.44. The fourth-order valence-electron chi connectivity index (χ4n) is 3.20. The van der Waals surface area contributed by atoms with Gasteiger partial charge in [-0.25, -0.2) is 0 Å². The summed E-state index contributed by atoms with van der Waals surface area (Å²) in [5, 5.41) is 3.65. The molecule has 1 heteroatoms. The van der Waals surface area contributed by atoms with Gasteiger partial charge >= 0.3 is 0 Å². The highest BCUT2D eigenvalue weighted by Gasteiger charge is 2.30. The topological polar surface area (TPSA) is 12.0 Å². The number of nitrogens with one attached hydrogen (secondary N) is 1. The van der Waals surface area contributed by atoms with Gasteiger partial charge in [0.1, 0.15) is 0 Å². The second-order valence-corrected chi connectivity index (χ2v) is 6.03. The zero-order valence-corrected chi connectivity index (χ0v) is 11.8. The van der Waals surface area contributed by atoms with E-state index in [0.29, 0.717) is 6.04 Å². The van der Waals surface area contributed by atoms with Gasteiger partial charge in [-0.2, -0.15) is 0 Å². The molecule has 0 saturated heterocycles. The number of rotatable bonds is 8. The fourth-order valence-corrected chi connectivity index (χ4v) is 3.20. The van der Waals surface area contributed by atoms with Crippen LogP contribution < -0.4 is 5.32 Å². The van der Waals surface area contributed by atoms with Crippen LogP contribution in [0.15, 0.2) is 0 Å². The Balaban J connectivity index is 2.13. The smallest absolute Gasteiger partial charge is 0.00747 e. The molecule has 1 rings (SSSR count). The van der Waals surface area contributed by atoms with Crippen LogP contribution in [-0.4, -0.2) is 12.1 Å². The van der Waals surface area contributed by atoms with Crippen molar-refractivity contribution in [1.82, 2.24) is 5.32 Å². The highest BCUT2D eigenvalue weighted by atomic mass is 15.0. The van der Waals surface area contributed by atoms with Crippen molar-refractivity contribution < 1.29 is 0 Å². The third-order valence-electron chi connectivity index (χ3n) is 3.87. The molecule has 0 amide bonds. The maximum absolute atomic E-state index is 3.65. The molecule has 1 aliphatic rings. The average molecular weight is 225 g/mol. The highest BCUT2D eigenvalue weighted by molar-refractivity contribution is 4.87. The Labute approximate surface area is 102 Å². The lowest BCUT2D eigenvalue weighted by atomic mass is 9.73. The van der Waals surface area contributed by atoms with Crippen molar-refractivity contribution in [3.63, 3.8) is 0 Å². The summed E-state index contributed by atoms with van der Waals surface area (Å²) in [6.07, 6.45) is 10.00. The maximum atomic E-state index is 3.65. The average Bonchev–Trinajstić information content (AvgIpc) is 2.14. The van der Waals surface area contributed by atoms with Crippen LogP contribution in [-0.2, 0) is 0 Å². The van der Waals surface area contributed by atoms with E-state index in [4.69, 9.17) is 0 Å². The normalized spacial score (nSPS) is 25.1. The van der Waals surface area contributed by atoms with Crippen molar-refractivity contribution in [2.24, 2.45) is 11.8 Å². The summed E-state index contributed by atoms with van der Waals surface area (Å²) in [7, 11) is 0. The van der Waals surface area contributed by atoms with Crippen LogP contribution in [0.25, 0.3) is 0 Å². The van der Waals surface area contributed by atoms with Crippen molar-refractivity contribution >= 4 is 0 Å². The monoisotopic (exact) mass is 225 g/mol. The van der Waals surface area contributed by atoms with Gasteiger partial charge in [-0.15, -0.1) is 0 Å². The second kappa shape index (κ2) is 7.32. The molecule has 96 valence electrons. The lowest BCUT2D eigenvalue weighted by molar-refractivity contribution is 0.169. The molecular weight excluding hydrogens is 194 g/mol. The van der Waals surface area contributed by atoms with E-state index >= 15 is 0 Å². The predicted octanol–water partition coefficient (Wildman–Crippen LogP) is 4.37. The Morgan fingerprint density at radius 2 is 1.62 bits per heavy atom. The molecule has 0 aliphatic heterocycles. The molecule has 0 heterocycles. The van der Waals surface area contributed by atoms with E-state index < -0.39 is 0 Å². The van der Waals surface area contributed by atoms with E-state index in [1.165, 1.54) is 44.9 Å². The quantitative estimate of drug-likeness (QED) is 0.647. The van der Waals surface area contributed by atoms with E-state index in [-0.39, 0.29) is 0 Å². The Morgan fingerprint density at radius 1 is 1.06 bits per heavy atom. The van der Waals surface area contributed by atoms with Crippen LogP contribution in [0.1, 0.15) is 72.6 Å². The molecule has 1 nitrogen and oxygen atoms in total. The van der Waals surface area contributed by atoms with Crippen LogP contribution in [0.3, 0.4) is 0 Å². The molecule has 1 aliphatic carbocycles. The molecule has 0 radical (unpaired) electrons.